The molecular formula is C22H36IN3O2. The maximum Gasteiger partial charge on any atom is 0.193 e. The highest BCUT2D eigenvalue weighted by Gasteiger charge is 2.23. The number of nitrogens with one attached hydrogen (secondary N) is 1. The van der Waals surface area contributed by atoms with E-state index in [0.29, 0.717) is 12.2 Å². The Morgan fingerprint density at radius 3 is 2.75 bits per heavy atom. The minimum absolute atomic E-state index is 0. The Bertz CT molecular complexity index is 597. The van der Waals surface area contributed by atoms with E-state index in [1.807, 2.05) is 7.05 Å². The van der Waals surface area contributed by atoms with Crippen LogP contribution in [-0.2, 0) is 15.9 Å². The molecule has 6 heteroatoms. The average Bonchev–Trinajstić information content (AvgIpc) is 2.71. The van der Waals surface area contributed by atoms with E-state index in [1.165, 1.54) is 24.0 Å². The van der Waals surface area contributed by atoms with Crippen molar-refractivity contribution in [1.82, 2.24) is 10.2 Å². The number of halogens is 1. The summed E-state index contributed by atoms with van der Waals surface area (Å²) in [4.78, 5) is 6.83. The molecule has 2 saturated heterocycles. The van der Waals surface area contributed by atoms with Crippen LogP contribution >= 0.6 is 24.0 Å². The minimum Gasteiger partial charge on any atom is -0.376 e. The van der Waals surface area contributed by atoms with Gasteiger partial charge in [0.25, 0.3) is 0 Å². The highest BCUT2D eigenvalue weighted by molar-refractivity contribution is 14.0. The Kier molecular flexibility index (Phi) is 10.6. The Balaban J connectivity index is 0.00000280. The molecule has 1 unspecified atom stereocenters. The van der Waals surface area contributed by atoms with E-state index < -0.39 is 0 Å². The summed E-state index contributed by atoms with van der Waals surface area (Å²) in [7, 11) is 1.87. The van der Waals surface area contributed by atoms with Crippen molar-refractivity contribution in [3.05, 3.63) is 35.4 Å². The van der Waals surface area contributed by atoms with Crippen LogP contribution in [0.1, 0.15) is 43.2 Å². The maximum atomic E-state index is 6.12. The number of guanidine groups is 1. The molecule has 3 rings (SSSR count). The molecule has 0 bridgehead atoms. The van der Waals surface area contributed by atoms with Gasteiger partial charge in [0.15, 0.2) is 5.96 Å². The van der Waals surface area contributed by atoms with Crippen molar-refractivity contribution in [2.24, 2.45) is 4.99 Å². The van der Waals surface area contributed by atoms with Crippen LogP contribution in [0.3, 0.4) is 0 Å². The normalized spacial score (nSPS) is 21.3. The minimum atomic E-state index is 0. The molecule has 2 aliphatic heterocycles. The number of piperidine rings is 1. The number of nitrogens with zero attached hydrogens (tertiary/aromatic N) is 2. The standard InChI is InChI=1S/C22H35N3O2.HI/c1-18-6-5-7-19(16-18)9-12-24-22(23-2)25-13-10-20(11-14-25)27-17-21-8-3-4-15-26-21;/h5-7,16,20-21H,3-4,8-15,17H2,1-2H3,(H,23,24);1H. The topological polar surface area (TPSA) is 46.1 Å². The van der Waals surface area contributed by atoms with Gasteiger partial charge in [-0.25, -0.2) is 0 Å². The number of ether oxygens (including phenoxy) is 2. The third kappa shape index (κ3) is 7.52. The zero-order valence-corrected chi connectivity index (χ0v) is 19.7. The number of aliphatic imine (C=N–C) groups is 1. The third-order valence-corrected chi connectivity index (χ3v) is 5.52. The second-order valence-corrected chi connectivity index (χ2v) is 7.72. The van der Waals surface area contributed by atoms with Crippen molar-refractivity contribution in [1.29, 1.82) is 0 Å². The van der Waals surface area contributed by atoms with Crippen molar-refractivity contribution >= 4 is 29.9 Å². The van der Waals surface area contributed by atoms with Crippen LogP contribution in [0.15, 0.2) is 29.3 Å². The van der Waals surface area contributed by atoms with E-state index in [2.05, 4.69) is 46.4 Å². The van der Waals surface area contributed by atoms with Gasteiger partial charge in [0, 0.05) is 33.3 Å². The van der Waals surface area contributed by atoms with Crippen molar-refractivity contribution < 1.29 is 9.47 Å². The van der Waals surface area contributed by atoms with Crippen LogP contribution in [0.25, 0.3) is 0 Å². The van der Waals surface area contributed by atoms with Crippen molar-refractivity contribution in [2.75, 3.05) is 39.9 Å². The van der Waals surface area contributed by atoms with E-state index in [0.717, 1.165) is 64.5 Å². The van der Waals surface area contributed by atoms with Gasteiger partial charge < -0.3 is 19.7 Å². The first-order valence-corrected chi connectivity index (χ1v) is 10.5. The molecule has 1 aromatic carbocycles. The lowest BCUT2D eigenvalue weighted by molar-refractivity contribution is -0.0721. The van der Waals surface area contributed by atoms with Gasteiger partial charge in [-0.3, -0.25) is 4.99 Å². The van der Waals surface area contributed by atoms with Crippen LogP contribution in [0, 0.1) is 6.92 Å². The van der Waals surface area contributed by atoms with Crippen molar-refractivity contribution in [3.8, 4) is 0 Å². The van der Waals surface area contributed by atoms with E-state index in [-0.39, 0.29) is 24.0 Å². The molecule has 2 fully saturated rings. The van der Waals surface area contributed by atoms with Gasteiger partial charge >= 0.3 is 0 Å². The van der Waals surface area contributed by atoms with Gasteiger partial charge in [-0.2, -0.15) is 0 Å². The first-order chi connectivity index (χ1) is 13.2. The molecule has 28 heavy (non-hydrogen) atoms. The molecular weight excluding hydrogens is 465 g/mol. The van der Waals surface area contributed by atoms with E-state index >= 15 is 0 Å². The van der Waals surface area contributed by atoms with Crippen molar-refractivity contribution in [2.45, 2.75) is 57.7 Å². The second kappa shape index (κ2) is 12.6. The molecule has 1 atom stereocenters. The molecule has 0 saturated carbocycles. The molecule has 1 aromatic rings. The quantitative estimate of drug-likeness (QED) is 0.366. The maximum absolute atomic E-state index is 6.12. The SMILES string of the molecule is CN=C(NCCc1cccc(C)c1)N1CCC(OCC2CCCCO2)CC1.I. The van der Waals surface area contributed by atoms with Gasteiger partial charge in [0.2, 0.25) is 0 Å². The number of hydrogen-bond acceptors (Lipinski definition) is 3. The average molecular weight is 501 g/mol. The molecule has 0 radical (unpaired) electrons. The van der Waals surface area contributed by atoms with Gasteiger partial charge in [-0.15, -0.1) is 24.0 Å². The van der Waals surface area contributed by atoms with Crippen LogP contribution in [-0.4, -0.2) is 63.0 Å². The molecule has 2 aliphatic rings. The Morgan fingerprint density at radius 2 is 2.07 bits per heavy atom. The van der Waals surface area contributed by atoms with Crippen molar-refractivity contribution in [3.63, 3.8) is 0 Å². The Hall–Kier alpha value is -0.860. The zero-order valence-electron chi connectivity index (χ0n) is 17.4. The molecule has 0 spiro atoms. The summed E-state index contributed by atoms with van der Waals surface area (Å²) in [5.74, 6) is 1.01. The summed E-state index contributed by atoms with van der Waals surface area (Å²) in [5, 5.41) is 3.52. The number of aryl methyl sites for hydroxylation is 1. The summed E-state index contributed by atoms with van der Waals surface area (Å²) in [6.07, 6.45) is 7.43. The lowest BCUT2D eigenvalue weighted by atomic mass is 10.1. The molecule has 2 heterocycles. The molecule has 5 nitrogen and oxygen atoms in total. The molecule has 0 aliphatic carbocycles. The smallest absolute Gasteiger partial charge is 0.193 e. The highest BCUT2D eigenvalue weighted by atomic mass is 127. The van der Waals surface area contributed by atoms with E-state index in [4.69, 9.17) is 9.47 Å². The predicted molar refractivity (Wildman–Crippen MR) is 126 cm³/mol. The number of likely N-dealkylation sites (tertiary alicyclic amines) is 1. The first kappa shape index (κ1) is 23.4. The first-order valence-electron chi connectivity index (χ1n) is 10.5. The van der Waals surface area contributed by atoms with Crippen LogP contribution in [0.2, 0.25) is 0 Å². The summed E-state index contributed by atoms with van der Waals surface area (Å²) < 4.78 is 11.9. The van der Waals surface area contributed by atoms with Gasteiger partial charge in [0.1, 0.15) is 0 Å². The molecule has 158 valence electrons. The molecule has 0 aromatic heterocycles. The summed E-state index contributed by atoms with van der Waals surface area (Å²) in [5.41, 5.74) is 2.69. The number of rotatable bonds is 6. The Labute approximate surface area is 187 Å². The number of hydrogen-bond donors (Lipinski definition) is 1. The second-order valence-electron chi connectivity index (χ2n) is 7.72. The fourth-order valence-corrected chi connectivity index (χ4v) is 3.94. The zero-order chi connectivity index (χ0) is 18.9. The predicted octanol–water partition coefficient (Wildman–Crippen LogP) is 3.78. The monoisotopic (exact) mass is 501 g/mol. The largest absolute Gasteiger partial charge is 0.376 e. The van der Waals surface area contributed by atoms with Gasteiger partial charge in [-0.05, 0) is 51.0 Å². The lowest BCUT2D eigenvalue weighted by Crippen LogP contribution is -2.47. The van der Waals surface area contributed by atoms with Crippen LogP contribution < -0.4 is 5.32 Å². The fourth-order valence-electron chi connectivity index (χ4n) is 3.94. The van der Waals surface area contributed by atoms with E-state index in [1.54, 1.807) is 0 Å². The molecule has 1 N–H and O–H groups in total. The van der Waals surface area contributed by atoms with E-state index in [9.17, 15) is 0 Å². The summed E-state index contributed by atoms with van der Waals surface area (Å²) >= 11 is 0. The highest BCUT2D eigenvalue weighted by Crippen LogP contribution is 2.18. The third-order valence-electron chi connectivity index (χ3n) is 5.52. The lowest BCUT2D eigenvalue weighted by Gasteiger charge is -2.35. The molecule has 0 amide bonds. The fraction of sp³-hybridized carbons (Fsp3) is 0.682. The van der Waals surface area contributed by atoms with Gasteiger partial charge in [-0.1, -0.05) is 29.8 Å². The Morgan fingerprint density at radius 1 is 1.25 bits per heavy atom. The number of benzene rings is 1. The van der Waals surface area contributed by atoms with Gasteiger partial charge in [0.05, 0.1) is 18.8 Å². The summed E-state index contributed by atoms with van der Waals surface area (Å²) in [6, 6.07) is 8.71. The van der Waals surface area contributed by atoms with Crippen LogP contribution in [0.5, 0.6) is 0 Å². The van der Waals surface area contributed by atoms with Crippen LogP contribution in [0.4, 0.5) is 0 Å². The summed E-state index contributed by atoms with van der Waals surface area (Å²) in [6.45, 7) is 6.71.